The third-order valence-corrected chi connectivity index (χ3v) is 6.79. The summed E-state index contributed by atoms with van der Waals surface area (Å²) in [6.45, 7) is -1.44. The Kier molecular flexibility index (Phi) is 9.88. The summed E-state index contributed by atoms with van der Waals surface area (Å²) in [5.74, 6) is 0.832. The van der Waals surface area contributed by atoms with Crippen LogP contribution in [0.3, 0.4) is 0 Å². The van der Waals surface area contributed by atoms with Crippen LogP contribution in [0, 0.1) is 0 Å². The van der Waals surface area contributed by atoms with Gasteiger partial charge in [-0.2, -0.15) is 0 Å². The molecule has 5 N–H and O–H groups in total. The molecule has 2 fully saturated rings. The highest BCUT2D eigenvalue weighted by Gasteiger charge is 2.51. The largest absolute Gasteiger partial charge is 0.497 e. The molecule has 2 saturated heterocycles. The van der Waals surface area contributed by atoms with Crippen molar-refractivity contribution in [1.82, 2.24) is 0 Å². The van der Waals surface area contributed by atoms with Crippen LogP contribution >= 0.6 is 0 Å². The lowest BCUT2D eigenvalue weighted by molar-refractivity contribution is -0.289. The molecule has 0 unspecified atom stereocenters. The number of esters is 1. The van der Waals surface area contributed by atoms with Gasteiger partial charge in [-0.3, -0.25) is 0 Å². The van der Waals surface area contributed by atoms with E-state index in [4.69, 9.17) is 37.9 Å². The summed E-state index contributed by atoms with van der Waals surface area (Å²) in [5.41, 5.74) is -1.77. The van der Waals surface area contributed by atoms with E-state index in [0.717, 1.165) is 0 Å². The van der Waals surface area contributed by atoms with Crippen LogP contribution < -0.4 is 18.9 Å². The molecule has 2 aliphatic rings. The number of ether oxygens (including phenoxy) is 8. The molecule has 0 radical (unpaired) electrons. The van der Waals surface area contributed by atoms with Gasteiger partial charge in [0.15, 0.2) is 23.4 Å². The van der Waals surface area contributed by atoms with Crippen molar-refractivity contribution in [3.05, 3.63) is 48.0 Å². The summed E-state index contributed by atoms with van der Waals surface area (Å²) in [6.07, 6.45) is -10.5. The number of carbonyl (C=O) groups excluding carboxylic acids is 1. The maximum absolute atomic E-state index is 12.3. The Bertz CT molecular complexity index is 1160. The molecule has 14 heteroatoms. The van der Waals surface area contributed by atoms with Crippen LogP contribution in [0.2, 0.25) is 0 Å². The van der Waals surface area contributed by atoms with Crippen molar-refractivity contribution >= 4 is 5.97 Å². The molecular weight excluding hydrogens is 548 g/mol. The molecule has 0 aromatic heterocycles. The first kappa shape index (κ1) is 30.7. The quantitative estimate of drug-likeness (QED) is 0.207. The second-order valence-corrected chi connectivity index (χ2v) is 9.52. The minimum Gasteiger partial charge on any atom is -0.497 e. The van der Waals surface area contributed by atoms with Crippen LogP contribution in [0.25, 0.3) is 0 Å². The van der Waals surface area contributed by atoms with Crippen molar-refractivity contribution < 1.29 is 68.2 Å². The zero-order valence-corrected chi connectivity index (χ0v) is 22.6. The first-order chi connectivity index (χ1) is 19.6. The fraction of sp³-hybridized carbons (Fsp3) is 0.519. The molecule has 0 amide bonds. The van der Waals surface area contributed by atoms with Gasteiger partial charge in [0, 0.05) is 6.07 Å². The fourth-order valence-electron chi connectivity index (χ4n) is 4.29. The average molecular weight is 583 g/mol. The Morgan fingerprint density at radius 3 is 2.22 bits per heavy atom. The first-order valence-electron chi connectivity index (χ1n) is 12.6. The first-order valence-corrected chi connectivity index (χ1v) is 12.6. The van der Waals surface area contributed by atoms with Gasteiger partial charge in [-0.1, -0.05) is 0 Å². The summed E-state index contributed by atoms with van der Waals surface area (Å²) in [6, 6.07) is 10.7. The molecule has 226 valence electrons. The fourth-order valence-corrected chi connectivity index (χ4v) is 4.29. The molecule has 2 aliphatic heterocycles. The maximum Gasteiger partial charge on any atom is 0.338 e. The Balaban J connectivity index is 1.33. The van der Waals surface area contributed by atoms with Gasteiger partial charge >= 0.3 is 5.97 Å². The number of methoxy groups -OCH3 is 3. The molecule has 4 rings (SSSR count). The third kappa shape index (κ3) is 6.82. The number of hydrogen-bond donors (Lipinski definition) is 5. The van der Waals surface area contributed by atoms with Crippen LogP contribution in [0.15, 0.2) is 42.5 Å². The van der Waals surface area contributed by atoms with Crippen molar-refractivity contribution in [2.45, 2.75) is 48.7 Å². The van der Waals surface area contributed by atoms with Crippen molar-refractivity contribution in [3.63, 3.8) is 0 Å². The number of rotatable bonds is 11. The van der Waals surface area contributed by atoms with Gasteiger partial charge in [0.1, 0.15) is 48.6 Å². The number of benzene rings is 2. The maximum atomic E-state index is 12.3. The normalized spacial score (nSPS) is 31.4. The van der Waals surface area contributed by atoms with E-state index in [-0.39, 0.29) is 11.3 Å². The molecular formula is C27H34O14. The zero-order valence-electron chi connectivity index (χ0n) is 22.6. The summed E-state index contributed by atoms with van der Waals surface area (Å²) < 4.78 is 42.8. The average Bonchev–Trinajstić information content (AvgIpc) is 3.28. The standard InChI is InChI=1S/C27H34O14/c1-34-15-6-4-14(5-7-15)24(32)38-12-27(33)13-39-26(23(27)31)37-11-19-20(28)21(29)22(30)25(41-19)40-16-8-9-17(35-2)18(10-16)36-3/h4-10,19-23,25-26,28-31,33H,11-13H2,1-3H3/t19-,20+,21+,22+,23-,25-,26+,27+/m0/s1. The lowest BCUT2D eigenvalue weighted by Crippen LogP contribution is -2.60. The van der Waals surface area contributed by atoms with Gasteiger partial charge in [0.05, 0.1) is 40.1 Å². The summed E-state index contributed by atoms with van der Waals surface area (Å²) >= 11 is 0. The SMILES string of the molecule is COc1ccc(C(=O)OC[C@@]2(O)CO[C@@H](OC[C@@H]3O[C@H](Oc4ccc(OC)c(OC)c4)[C@H](O)[C@H](O)[C@@H]3O)[C@@H]2O)cc1. The van der Waals surface area contributed by atoms with Crippen LogP contribution in [0.4, 0.5) is 0 Å². The van der Waals surface area contributed by atoms with Crippen molar-refractivity contribution in [2.75, 3.05) is 41.2 Å². The van der Waals surface area contributed by atoms with Gasteiger partial charge in [-0.15, -0.1) is 0 Å². The van der Waals surface area contributed by atoms with Gasteiger partial charge in [-0.05, 0) is 36.4 Å². The van der Waals surface area contributed by atoms with E-state index in [1.807, 2.05) is 0 Å². The lowest BCUT2D eigenvalue weighted by Gasteiger charge is -2.40. The lowest BCUT2D eigenvalue weighted by atomic mass is 9.99. The van der Waals surface area contributed by atoms with Gasteiger partial charge in [0.2, 0.25) is 6.29 Å². The van der Waals surface area contributed by atoms with Crippen LogP contribution in [0.5, 0.6) is 23.0 Å². The van der Waals surface area contributed by atoms with Gasteiger partial charge in [-0.25, -0.2) is 4.79 Å². The van der Waals surface area contributed by atoms with Crippen molar-refractivity contribution in [1.29, 1.82) is 0 Å². The Labute approximate surface area is 235 Å². The van der Waals surface area contributed by atoms with Crippen LogP contribution in [-0.4, -0.2) is 121 Å². The summed E-state index contributed by atoms with van der Waals surface area (Å²) in [7, 11) is 4.39. The van der Waals surface area contributed by atoms with E-state index in [0.29, 0.717) is 17.2 Å². The Hall–Kier alpha value is -3.21. The second kappa shape index (κ2) is 13.2. The second-order valence-electron chi connectivity index (χ2n) is 9.52. The Morgan fingerprint density at radius 2 is 1.56 bits per heavy atom. The van der Waals surface area contributed by atoms with Gasteiger partial charge < -0.3 is 63.4 Å². The highest BCUT2D eigenvalue weighted by Crippen LogP contribution is 2.33. The molecule has 0 aliphatic carbocycles. The highest BCUT2D eigenvalue weighted by molar-refractivity contribution is 5.89. The highest BCUT2D eigenvalue weighted by atomic mass is 16.7. The minimum absolute atomic E-state index is 0.213. The predicted molar refractivity (Wildman–Crippen MR) is 137 cm³/mol. The zero-order chi connectivity index (χ0) is 29.7. The van der Waals surface area contributed by atoms with Crippen molar-refractivity contribution in [2.24, 2.45) is 0 Å². The van der Waals surface area contributed by atoms with E-state index in [2.05, 4.69) is 0 Å². The molecule has 0 spiro atoms. The van der Waals surface area contributed by atoms with E-state index in [1.165, 1.54) is 45.6 Å². The molecule has 41 heavy (non-hydrogen) atoms. The number of aliphatic hydroxyl groups is 5. The molecule has 0 saturated carbocycles. The predicted octanol–water partition coefficient (Wildman–Crippen LogP) is -0.779. The van der Waals surface area contributed by atoms with Crippen LogP contribution in [0.1, 0.15) is 10.4 Å². The van der Waals surface area contributed by atoms with E-state index in [1.54, 1.807) is 18.2 Å². The van der Waals surface area contributed by atoms with Crippen LogP contribution in [-0.2, 0) is 18.9 Å². The van der Waals surface area contributed by atoms with Crippen molar-refractivity contribution in [3.8, 4) is 23.0 Å². The smallest absolute Gasteiger partial charge is 0.338 e. The third-order valence-electron chi connectivity index (χ3n) is 6.79. The monoisotopic (exact) mass is 582 g/mol. The van der Waals surface area contributed by atoms with E-state index >= 15 is 0 Å². The summed E-state index contributed by atoms with van der Waals surface area (Å²) in [4.78, 5) is 12.3. The topological polar surface area (TPSA) is 192 Å². The summed E-state index contributed by atoms with van der Waals surface area (Å²) in [5, 5.41) is 52.7. The Morgan fingerprint density at radius 1 is 0.878 bits per heavy atom. The number of hydrogen-bond acceptors (Lipinski definition) is 14. The molecule has 2 heterocycles. The molecule has 14 nitrogen and oxygen atoms in total. The molecule has 8 atom stereocenters. The van der Waals surface area contributed by atoms with E-state index < -0.39 is 74.5 Å². The molecule has 0 bridgehead atoms. The number of carbonyl (C=O) groups is 1. The van der Waals surface area contributed by atoms with E-state index in [9.17, 15) is 30.3 Å². The molecule has 2 aromatic rings. The number of aliphatic hydroxyl groups excluding tert-OH is 4. The van der Waals surface area contributed by atoms with Gasteiger partial charge in [0.25, 0.3) is 0 Å². The minimum atomic E-state index is -1.98. The molecule has 2 aromatic carbocycles.